The van der Waals surface area contributed by atoms with Crippen LogP contribution >= 0.6 is 11.6 Å². The second-order valence-electron chi connectivity index (χ2n) is 5.21. The summed E-state index contributed by atoms with van der Waals surface area (Å²) in [5.74, 6) is 0.770. The lowest BCUT2D eigenvalue weighted by Gasteiger charge is -2.14. The Labute approximate surface area is 134 Å². The maximum absolute atomic E-state index is 6.20. The van der Waals surface area contributed by atoms with Crippen molar-refractivity contribution < 1.29 is 4.74 Å². The Morgan fingerprint density at radius 1 is 1.05 bits per heavy atom. The summed E-state index contributed by atoms with van der Waals surface area (Å²) in [6.45, 7) is 3.98. The molecule has 3 nitrogen and oxygen atoms in total. The zero-order valence-electron chi connectivity index (χ0n) is 12.8. The van der Waals surface area contributed by atoms with E-state index in [1.165, 1.54) is 0 Å². The van der Waals surface area contributed by atoms with Crippen LogP contribution in [0.3, 0.4) is 0 Å². The number of nitrogens with zero attached hydrogens (tertiary/aromatic N) is 1. The minimum Gasteiger partial charge on any atom is -0.494 e. The molecular weight excluding hydrogens is 296 g/mol. The van der Waals surface area contributed by atoms with Gasteiger partial charge in [-0.25, -0.2) is 4.98 Å². The fourth-order valence-corrected chi connectivity index (χ4v) is 2.68. The number of para-hydroxylation sites is 1. The molecule has 0 bridgehead atoms. The fourth-order valence-electron chi connectivity index (χ4n) is 2.51. The van der Waals surface area contributed by atoms with Gasteiger partial charge in [-0.2, -0.15) is 0 Å². The Balaban J connectivity index is 2.16. The number of hydrogen-bond acceptors (Lipinski definition) is 3. The summed E-state index contributed by atoms with van der Waals surface area (Å²) < 4.78 is 5.42. The lowest BCUT2D eigenvalue weighted by molar-refractivity contribution is 0.419. The van der Waals surface area contributed by atoms with Crippen LogP contribution in [0.2, 0.25) is 5.02 Å². The van der Waals surface area contributed by atoms with Crippen LogP contribution in [0.1, 0.15) is 11.3 Å². The third kappa shape index (κ3) is 2.60. The predicted molar refractivity (Wildman–Crippen MR) is 92.5 cm³/mol. The number of rotatable bonds is 3. The Morgan fingerprint density at radius 2 is 1.82 bits per heavy atom. The molecule has 0 radical (unpaired) electrons. The minimum atomic E-state index is 0.748. The summed E-state index contributed by atoms with van der Waals surface area (Å²) in [6.07, 6.45) is 0. The number of aryl methyl sites for hydroxylation is 1. The van der Waals surface area contributed by atoms with E-state index in [4.69, 9.17) is 16.3 Å². The van der Waals surface area contributed by atoms with Crippen molar-refractivity contribution in [1.82, 2.24) is 4.98 Å². The lowest BCUT2D eigenvalue weighted by Crippen LogP contribution is -1.98. The molecule has 0 aliphatic carbocycles. The highest BCUT2D eigenvalue weighted by Crippen LogP contribution is 2.33. The first-order chi connectivity index (χ1) is 10.6. The SMILES string of the molecule is COc1cccc2c(Nc3cccc(Cl)c3C)cc(C)nc12. The summed E-state index contributed by atoms with van der Waals surface area (Å²) in [4.78, 5) is 4.60. The molecular formula is C18H17ClN2O. The van der Waals surface area contributed by atoms with E-state index in [9.17, 15) is 0 Å². The molecule has 0 amide bonds. The molecule has 0 aliphatic heterocycles. The van der Waals surface area contributed by atoms with Crippen molar-refractivity contribution in [2.45, 2.75) is 13.8 Å². The third-order valence-corrected chi connectivity index (χ3v) is 4.10. The summed E-state index contributed by atoms with van der Waals surface area (Å²) in [7, 11) is 1.66. The van der Waals surface area contributed by atoms with Gasteiger partial charge in [-0.3, -0.25) is 0 Å². The molecule has 1 aromatic heterocycles. The van der Waals surface area contributed by atoms with Gasteiger partial charge in [0.05, 0.1) is 7.11 Å². The topological polar surface area (TPSA) is 34.1 Å². The number of ether oxygens (including phenoxy) is 1. The smallest absolute Gasteiger partial charge is 0.145 e. The molecule has 0 atom stereocenters. The van der Waals surface area contributed by atoms with Crippen LogP contribution in [-0.4, -0.2) is 12.1 Å². The Bertz CT molecular complexity index is 846. The minimum absolute atomic E-state index is 0.748. The third-order valence-electron chi connectivity index (χ3n) is 3.69. The maximum Gasteiger partial charge on any atom is 0.145 e. The highest BCUT2D eigenvalue weighted by molar-refractivity contribution is 6.31. The zero-order chi connectivity index (χ0) is 15.7. The molecule has 2 aromatic carbocycles. The molecule has 4 heteroatoms. The van der Waals surface area contributed by atoms with Gasteiger partial charge < -0.3 is 10.1 Å². The highest BCUT2D eigenvalue weighted by Gasteiger charge is 2.10. The molecule has 1 N–H and O–H groups in total. The molecule has 0 aliphatic rings. The van der Waals surface area contributed by atoms with Crippen LogP contribution in [0.15, 0.2) is 42.5 Å². The van der Waals surface area contributed by atoms with Gasteiger partial charge in [-0.15, -0.1) is 0 Å². The number of aromatic nitrogens is 1. The number of anilines is 2. The summed E-state index contributed by atoms with van der Waals surface area (Å²) in [6, 6.07) is 13.8. The Kier molecular flexibility index (Phi) is 3.90. The standard InChI is InChI=1S/C18H17ClN2O/c1-11-10-16(21-15-8-5-7-14(19)12(15)2)13-6-4-9-17(22-3)18(13)20-11/h4-10H,1-3H3,(H,20,21). The molecule has 3 rings (SSSR count). The van der Waals surface area contributed by atoms with Crippen molar-refractivity contribution >= 4 is 33.9 Å². The normalized spacial score (nSPS) is 10.7. The van der Waals surface area contributed by atoms with Crippen molar-refractivity contribution in [3.63, 3.8) is 0 Å². The molecule has 0 fully saturated rings. The molecule has 112 valence electrons. The van der Waals surface area contributed by atoms with Gasteiger partial charge in [0.1, 0.15) is 11.3 Å². The van der Waals surface area contributed by atoms with Gasteiger partial charge in [0, 0.05) is 27.5 Å². The zero-order valence-corrected chi connectivity index (χ0v) is 13.5. The summed E-state index contributed by atoms with van der Waals surface area (Å²) in [5.41, 5.74) is 4.79. The van der Waals surface area contributed by atoms with Crippen molar-refractivity contribution in [1.29, 1.82) is 0 Å². The predicted octanol–water partition coefficient (Wildman–Crippen LogP) is 5.26. The molecule has 1 heterocycles. The van der Waals surface area contributed by atoms with Gasteiger partial charge >= 0.3 is 0 Å². The first-order valence-electron chi connectivity index (χ1n) is 7.06. The van der Waals surface area contributed by atoms with Crippen molar-refractivity contribution in [3.05, 3.63) is 58.7 Å². The summed E-state index contributed by atoms with van der Waals surface area (Å²) >= 11 is 6.20. The van der Waals surface area contributed by atoms with E-state index >= 15 is 0 Å². The summed E-state index contributed by atoms with van der Waals surface area (Å²) in [5, 5.41) is 5.23. The monoisotopic (exact) mass is 312 g/mol. The molecule has 22 heavy (non-hydrogen) atoms. The molecule has 0 saturated heterocycles. The van der Waals surface area contributed by atoms with Crippen LogP contribution in [0.5, 0.6) is 5.75 Å². The van der Waals surface area contributed by atoms with Crippen molar-refractivity contribution in [3.8, 4) is 5.75 Å². The van der Waals surface area contributed by atoms with Gasteiger partial charge in [0.15, 0.2) is 0 Å². The number of pyridine rings is 1. The highest BCUT2D eigenvalue weighted by atomic mass is 35.5. The number of hydrogen-bond donors (Lipinski definition) is 1. The van der Waals surface area contributed by atoms with E-state index in [1.807, 2.05) is 56.3 Å². The number of nitrogens with one attached hydrogen (secondary N) is 1. The second-order valence-corrected chi connectivity index (χ2v) is 5.61. The molecule has 0 unspecified atom stereocenters. The van der Waals surface area contributed by atoms with E-state index in [0.717, 1.165) is 44.3 Å². The number of methoxy groups -OCH3 is 1. The van der Waals surface area contributed by atoms with Gasteiger partial charge in [0.25, 0.3) is 0 Å². The molecule has 3 aromatic rings. The largest absolute Gasteiger partial charge is 0.494 e. The van der Waals surface area contributed by atoms with E-state index < -0.39 is 0 Å². The van der Waals surface area contributed by atoms with E-state index in [2.05, 4.69) is 10.3 Å². The van der Waals surface area contributed by atoms with Crippen LogP contribution in [0.4, 0.5) is 11.4 Å². The van der Waals surface area contributed by atoms with Gasteiger partial charge in [0.2, 0.25) is 0 Å². The van der Waals surface area contributed by atoms with Crippen molar-refractivity contribution in [2.75, 3.05) is 12.4 Å². The van der Waals surface area contributed by atoms with Gasteiger partial charge in [-0.1, -0.05) is 29.8 Å². The first kappa shape index (κ1) is 14.7. The van der Waals surface area contributed by atoms with Crippen LogP contribution in [-0.2, 0) is 0 Å². The van der Waals surface area contributed by atoms with Crippen LogP contribution < -0.4 is 10.1 Å². The fraction of sp³-hybridized carbons (Fsp3) is 0.167. The number of halogens is 1. The average molecular weight is 313 g/mol. The number of fused-ring (bicyclic) bond motifs is 1. The Morgan fingerprint density at radius 3 is 2.59 bits per heavy atom. The number of benzene rings is 2. The quantitative estimate of drug-likeness (QED) is 0.716. The lowest BCUT2D eigenvalue weighted by atomic mass is 10.1. The van der Waals surface area contributed by atoms with Crippen molar-refractivity contribution in [2.24, 2.45) is 0 Å². The first-order valence-corrected chi connectivity index (χ1v) is 7.44. The van der Waals surface area contributed by atoms with Gasteiger partial charge in [-0.05, 0) is 43.7 Å². The second kappa shape index (κ2) is 5.85. The molecule has 0 saturated carbocycles. The average Bonchev–Trinajstić information content (AvgIpc) is 2.51. The van der Waals surface area contributed by atoms with Crippen LogP contribution in [0, 0.1) is 13.8 Å². The maximum atomic E-state index is 6.20. The van der Waals surface area contributed by atoms with E-state index in [1.54, 1.807) is 7.11 Å². The van der Waals surface area contributed by atoms with Crippen LogP contribution in [0.25, 0.3) is 10.9 Å². The van der Waals surface area contributed by atoms with E-state index in [-0.39, 0.29) is 0 Å². The Hall–Kier alpha value is -2.26. The van der Waals surface area contributed by atoms with E-state index in [0.29, 0.717) is 0 Å². The molecule has 0 spiro atoms.